The van der Waals surface area contributed by atoms with Gasteiger partial charge in [-0.05, 0) is 82.7 Å². The van der Waals surface area contributed by atoms with E-state index in [4.69, 9.17) is 0 Å². The van der Waals surface area contributed by atoms with Crippen molar-refractivity contribution in [1.29, 1.82) is 0 Å². The second-order valence-electron chi connectivity index (χ2n) is 8.37. The Morgan fingerprint density at radius 3 is 1.38 bits per heavy atom. The first-order valence-corrected chi connectivity index (χ1v) is 9.36. The van der Waals surface area contributed by atoms with Crippen molar-refractivity contribution < 1.29 is 0 Å². The highest BCUT2D eigenvalue weighted by molar-refractivity contribution is 5.98. The zero-order valence-corrected chi connectivity index (χ0v) is 15.9. The quantitative estimate of drug-likeness (QED) is 0.582. The summed E-state index contributed by atoms with van der Waals surface area (Å²) in [6, 6.07) is 4.90. The van der Waals surface area contributed by atoms with Crippen molar-refractivity contribution >= 4 is 22.9 Å². The van der Waals surface area contributed by atoms with Gasteiger partial charge in [0.2, 0.25) is 0 Å². The van der Waals surface area contributed by atoms with Gasteiger partial charge in [-0.1, -0.05) is 63.1 Å². The van der Waals surface area contributed by atoms with Gasteiger partial charge in [-0.15, -0.1) is 0 Å². The van der Waals surface area contributed by atoms with E-state index < -0.39 is 0 Å². The fourth-order valence-corrected chi connectivity index (χ4v) is 4.42. The molecule has 2 aromatic carbocycles. The number of benzene rings is 2. The summed E-state index contributed by atoms with van der Waals surface area (Å²) in [6.07, 6.45) is 7.17. The first-order chi connectivity index (χ1) is 11.4. The van der Waals surface area contributed by atoms with Crippen LogP contribution in [0.25, 0.3) is 22.9 Å². The van der Waals surface area contributed by atoms with Crippen LogP contribution in [0.3, 0.4) is 0 Å². The molecule has 0 heteroatoms. The van der Waals surface area contributed by atoms with Gasteiger partial charge >= 0.3 is 0 Å². The van der Waals surface area contributed by atoms with Crippen molar-refractivity contribution in [3.63, 3.8) is 0 Å². The van der Waals surface area contributed by atoms with Crippen LogP contribution in [0.4, 0.5) is 0 Å². The highest BCUT2D eigenvalue weighted by atomic mass is 14.3. The molecule has 0 N–H and O–H groups in total. The van der Waals surface area contributed by atoms with Crippen molar-refractivity contribution in [2.45, 2.75) is 54.4 Å². The van der Waals surface area contributed by atoms with Crippen molar-refractivity contribution in [2.75, 3.05) is 0 Å². The van der Waals surface area contributed by atoms with E-state index in [1.807, 2.05) is 0 Å². The van der Waals surface area contributed by atoms with E-state index in [0.29, 0.717) is 11.8 Å². The maximum atomic E-state index is 2.45. The lowest BCUT2D eigenvalue weighted by Crippen LogP contribution is -1.98. The molecule has 2 aliphatic rings. The van der Waals surface area contributed by atoms with Gasteiger partial charge in [0, 0.05) is 0 Å². The standard InChI is InChI=1S/C24H28/c1-13(2)17-9-19-15(5)7-22-21(23(19)11-17)8-16(6)20-10-18(14(3)4)12-24(20)22/h7-10,13-14H,11-12H2,1-6H3. The molecular weight excluding hydrogens is 288 g/mol. The molecule has 0 nitrogen and oxygen atoms in total. The third kappa shape index (κ3) is 2.19. The van der Waals surface area contributed by atoms with E-state index >= 15 is 0 Å². The number of allylic oxidation sites excluding steroid dienone is 2. The molecule has 0 fully saturated rings. The van der Waals surface area contributed by atoms with Crippen molar-refractivity contribution in [3.8, 4) is 0 Å². The highest BCUT2D eigenvalue weighted by Crippen LogP contribution is 2.42. The van der Waals surface area contributed by atoms with Gasteiger partial charge in [0.05, 0.1) is 0 Å². The normalized spacial score (nSPS) is 16.0. The predicted octanol–water partition coefficient (Wildman–Crippen LogP) is 6.65. The van der Waals surface area contributed by atoms with E-state index in [-0.39, 0.29) is 0 Å². The Labute approximate surface area is 146 Å². The molecule has 0 radical (unpaired) electrons. The van der Waals surface area contributed by atoms with Crippen molar-refractivity contribution in [2.24, 2.45) is 11.8 Å². The summed E-state index contributed by atoms with van der Waals surface area (Å²) >= 11 is 0. The lowest BCUT2D eigenvalue weighted by molar-refractivity contribution is 0.755. The maximum absolute atomic E-state index is 2.45. The molecule has 0 heterocycles. The Morgan fingerprint density at radius 1 is 0.667 bits per heavy atom. The molecule has 0 saturated carbocycles. The highest BCUT2D eigenvalue weighted by Gasteiger charge is 2.24. The van der Waals surface area contributed by atoms with Crippen LogP contribution in [0.15, 0.2) is 23.3 Å². The summed E-state index contributed by atoms with van der Waals surface area (Å²) in [5.41, 5.74) is 12.2. The van der Waals surface area contributed by atoms with Crippen LogP contribution in [0.5, 0.6) is 0 Å². The summed E-state index contributed by atoms with van der Waals surface area (Å²) in [6.45, 7) is 13.8. The van der Waals surface area contributed by atoms with Gasteiger partial charge in [0.25, 0.3) is 0 Å². The van der Waals surface area contributed by atoms with Crippen LogP contribution in [0.2, 0.25) is 0 Å². The zero-order chi connectivity index (χ0) is 17.2. The Kier molecular flexibility index (Phi) is 3.49. The van der Waals surface area contributed by atoms with Gasteiger partial charge in [-0.3, -0.25) is 0 Å². The molecule has 124 valence electrons. The number of hydrogen-bond acceptors (Lipinski definition) is 0. The molecular formula is C24H28. The number of fused-ring (bicyclic) bond motifs is 5. The molecule has 24 heavy (non-hydrogen) atoms. The van der Waals surface area contributed by atoms with Crippen LogP contribution in [0, 0.1) is 25.7 Å². The van der Waals surface area contributed by atoms with Crippen LogP contribution in [0.1, 0.15) is 61.1 Å². The van der Waals surface area contributed by atoms with E-state index in [2.05, 4.69) is 65.8 Å². The van der Waals surface area contributed by atoms with Gasteiger partial charge in [-0.25, -0.2) is 0 Å². The number of rotatable bonds is 2. The van der Waals surface area contributed by atoms with Crippen molar-refractivity contribution in [1.82, 2.24) is 0 Å². The van der Waals surface area contributed by atoms with Crippen LogP contribution in [-0.4, -0.2) is 0 Å². The third-order valence-electron chi connectivity index (χ3n) is 6.07. The average Bonchev–Trinajstić information content (AvgIpc) is 3.13. The summed E-state index contributed by atoms with van der Waals surface area (Å²) in [4.78, 5) is 0. The first-order valence-electron chi connectivity index (χ1n) is 9.36. The largest absolute Gasteiger partial charge is 0.0626 e. The topological polar surface area (TPSA) is 0 Å². The summed E-state index contributed by atoms with van der Waals surface area (Å²) < 4.78 is 0. The van der Waals surface area contributed by atoms with Gasteiger partial charge in [-0.2, -0.15) is 0 Å². The smallest absolute Gasteiger partial charge is 0.00490 e. The molecule has 0 bridgehead atoms. The maximum Gasteiger partial charge on any atom is -0.00490 e. The van der Waals surface area contributed by atoms with Crippen LogP contribution in [-0.2, 0) is 12.8 Å². The Balaban J connectivity index is 1.95. The van der Waals surface area contributed by atoms with E-state index in [1.165, 1.54) is 33.0 Å². The molecule has 0 aromatic heterocycles. The lowest BCUT2D eigenvalue weighted by atomic mass is 9.89. The average molecular weight is 316 g/mol. The molecule has 2 aromatic rings. The molecule has 4 rings (SSSR count). The first kappa shape index (κ1) is 15.7. The Morgan fingerprint density at radius 2 is 1.04 bits per heavy atom. The summed E-state index contributed by atoms with van der Waals surface area (Å²) in [7, 11) is 0. The summed E-state index contributed by atoms with van der Waals surface area (Å²) in [5.74, 6) is 1.27. The molecule has 0 unspecified atom stereocenters. The lowest BCUT2D eigenvalue weighted by Gasteiger charge is -2.15. The second kappa shape index (κ2) is 5.34. The van der Waals surface area contributed by atoms with E-state index in [1.54, 1.807) is 22.3 Å². The molecule has 0 saturated heterocycles. The monoisotopic (exact) mass is 316 g/mol. The minimum atomic E-state index is 0.636. The fraction of sp³-hybridized carbons (Fsp3) is 0.417. The van der Waals surface area contributed by atoms with Gasteiger partial charge in [0.1, 0.15) is 0 Å². The summed E-state index contributed by atoms with van der Waals surface area (Å²) in [5, 5.41) is 2.99. The second-order valence-corrected chi connectivity index (χ2v) is 8.37. The number of aryl methyl sites for hydroxylation is 2. The van der Waals surface area contributed by atoms with Crippen molar-refractivity contribution in [3.05, 3.63) is 56.7 Å². The minimum absolute atomic E-state index is 0.636. The third-order valence-corrected chi connectivity index (χ3v) is 6.07. The molecule has 0 atom stereocenters. The Hall–Kier alpha value is -1.82. The molecule has 2 aliphatic carbocycles. The van der Waals surface area contributed by atoms with Crippen LogP contribution < -0.4 is 0 Å². The van der Waals surface area contributed by atoms with Gasteiger partial charge in [0.15, 0.2) is 0 Å². The van der Waals surface area contributed by atoms with E-state index in [9.17, 15) is 0 Å². The van der Waals surface area contributed by atoms with E-state index in [0.717, 1.165) is 12.8 Å². The minimum Gasteiger partial charge on any atom is -0.0626 e. The molecule has 0 aliphatic heterocycles. The Bertz CT molecular complexity index is 840. The van der Waals surface area contributed by atoms with Gasteiger partial charge < -0.3 is 0 Å². The zero-order valence-electron chi connectivity index (χ0n) is 15.9. The fourth-order valence-electron chi connectivity index (χ4n) is 4.42. The molecule has 0 spiro atoms. The number of hydrogen-bond donors (Lipinski definition) is 0. The SMILES string of the molecule is Cc1cc2c3c(c(C)cc2c2c1C=C(C(C)C)C2)C=C(C(C)C)C3. The predicted molar refractivity (Wildman–Crippen MR) is 106 cm³/mol. The van der Waals surface area contributed by atoms with Crippen LogP contribution >= 0.6 is 0 Å². The molecule has 0 amide bonds.